The molecule has 24 heavy (non-hydrogen) atoms. The van der Waals surface area contributed by atoms with Gasteiger partial charge in [-0.25, -0.2) is 0 Å². The number of hydrogen-bond donors (Lipinski definition) is 2. The third kappa shape index (κ3) is 4.73. The summed E-state index contributed by atoms with van der Waals surface area (Å²) < 4.78 is 5.38. The fourth-order valence-electron chi connectivity index (χ4n) is 2.13. The first-order valence-corrected chi connectivity index (χ1v) is 8.07. The van der Waals surface area contributed by atoms with Crippen molar-refractivity contribution in [2.24, 2.45) is 5.92 Å². The Morgan fingerprint density at radius 3 is 2.33 bits per heavy atom. The van der Waals surface area contributed by atoms with Crippen LogP contribution in [0, 0.1) is 5.92 Å². The number of anilines is 2. The summed E-state index contributed by atoms with van der Waals surface area (Å²) in [4.78, 5) is 23.6. The number of ether oxygens (including phenoxy) is 1. The maximum atomic E-state index is 11.9. The standard InChI is InChI=1S/C18H17ClN2O3/c19-13-2-1-3-16(10-13)24-11-17(22)20-14-6-8-15(9-7-14)21-18(23)12-4-5-12/h1-3,6-10,12H,4-5,11H2,(H,20,22)(H,21,23). The fraction of sp³-hybridized carbons (Fsp3) is 0.222. The van der Waals surface area contributed by atoms with Gasteiger partial charge in [0.1, 0.15) is 5.75 Å². The predicted octanol–water partition coefficient (Wildman–Crippen LogP) is 3.71. The van der Waals surface area contributed by atoms with Crippen LogP contribution >= 0.6 is 11.6 Å². The molecule has 0 radical (unpaired) electrons. The first kappa shape index (κ1) is 16.3. The maximum Gasteiger partial charge on any atom is 0.262 e. The number of amides is 2. The zero-order valence-corrected chi connectivity index (χ0v) is 13.7. The molecule has 0 aliphatic heterocycles. The van der Waals surface area contributed by atoms with Crippen molar-refractivity contribution in [1.82, 2.24) is 0 Å². The van der Waals surface area contributed by atoms with Crippen LogP contribution in [0.5, 0.6) is 5.75 Å². The molecule has 0 spiro atoms. The van der Waals surface area contributed by atoms with Crippen molar-refractivity contribution in [2.75, 3.05) is 17.2 Å². The van der Waals surface area contributed by atoms with Gasteiger partial charge >= 0.3 is 0 Å². The first-order chi connectivity index (χ1) is 11.6. The highest BCUT2D eigenvalue weighted by Crippen LogP contribution is 2.30. The minimum Gasteiger partial charge on any atom is -0.484 e. The number of carbonyl (C=O) groups is 2. The summed E-state index contributed by atoms with van der Waals surface area (Å²) in [6.45, 7) is -0.111. The van der Waals surface area contributed by atoms with Gasteiger partial charge < -0.3 is 15.4 Å². The van der Waals surface area contributed by atoms with E-state index in [1.807, 2.05) is 0 Å². The molecule has 1 fully saturated rings. The van der Waals surface area contributed by atoms with Gasteiger partial charge in [0.25, 0.3) is 5.91 Å². The van der Waals surface area contributed by atoms with E-state index in [0.717, 1.165) is 18.5 Å². The maximum absolute atomic E-state index is 11.9. The van der Waals surface area contributed by atoms with Crippen LogP contribution < -0.4 is 15.4 Å². The van der Waals surface area contributed by atoms with Gasteiger partial charge in [-0.2, -0.15) is 0 Å². The Morgan fingerprint density at radius 2 is 1.71 bits per heavy atom. The second kappa shape index (κ2) is 7.36. The zero-order chi connectivity index (χ0) is 16.9. The van der Waals surface area contributed by atoms with Crippen molar-refractivity contribution in [3.63, 3.8) is 0 Å². The van der Waals surface area contributed by atoms with Crippen LogP contribution in [-0.4, -0.2) is 18.4 Å². The zero-order valence-electron chi connectivity index (χ0n) is 12.9. The highest BCUT2D eigenvalue weighted by atomic mass is 35.5. The highest BCUT2D eigenvalue weighted by Gasteiger charge is 2.29. The summed E-state index contributed by atoms with van der Waals surface area (Å²) in [5.74, 6) is 0.482. The Kier molecular flexibility index (Phi) is 5.01. The number of halogens is 1. The number of nitrogens with one attached hydrogen (secondary N) is 2. The molecule has 0 aromatic heterocycles. The summed E-state index contributed by atoms with van der Waals surface area (Å²) in [6, 6.07) is 13.9. The van der Waals surface area contributed by atoms with Gasteiger partial charge in [-0.1, -0.05) is 17.7 Å². The molecule has 0 bridgehead atoms. The lowest BCUT2D eigenvalue weighted by Crippen LogP contribution is -2.20. The van der Waals surface area contributed by atoms with E-state index >= 15 is 0 Å². The van der Waals surface area contributed by atoms with E-state index in [-0.39, 0.29) is 24.3 Å². The molecular weight excluding hydrogens is 328 g/mol. The molecule has 2 N–H and O–H groups in total. The molecule has 0 heterocycles. The number of benzene rings is 2. The van der Waals surface area contributed by atoms with Crippen molar-refractivity contribution in [3.05, 3.63) is 53.6 Å². The van der Waals surface area contributed by atoms with E-state index in [4.69, 9.17) is 16.3 Å². The molecule has 124 valence electrons. The Bertz CT molecular complexity index is 742. The Balaban J connectivity index is 1.48. The fourth-order valence-corrected chi connectivity index (χ4v) is 2.31. The van der Waals surface area contributed by atoms with Crippen molar-refractivity contribution in [2.45, 2.75) is 12.8 Å². The van der Waals surface area contributed by atoms with Crippen LogP contribution in [0.2, 0.25) is 5.02 Å². The third-order valence-corrected chi connectivity index (χ3v) is 3.79. The molecule has 3 rings (SSSR count). The largest absolute Gasteiger partial charge is 0.484 e. The average Bonchev–Trinajstić information content (AvgIpc) is 3.40. The Labute approximate surface area is 145 Å². The van der Waals surface area contributed by atoms with E-state index < -0.39 is 0 Å². The SMILES string of the molecule is O=C(COc1cccc(Cl)c1)Nc1ccc(NC(=O)C2CC2)cc1. The van der Waals surface area contributed by atoms with E-state index in [2.05, 4.69) is 10.6 Å². The summed E-state index contributed by atoms with van der Waals surface area (Å²) >= 11 is 5.85. The minimum atomic E-state index is -0.273. The number of rotatable bonds is 6. The average molecular weight is 345 g/mol. The topological polar surface area (TPSA) is 67.4 Å². The molecule has 0 atom stereocenters. The highest BCUT2D eigenvalue weighted by molar-refractivity contribution is 6.30. The van der Waals surface area contributed by atoms with Gasteiger partial charge in [-0.3, -0.25) is 9.59 Å². The molecule has 2 amide bonds. The van der Waals surface area contributed by atoms with Crippen molar-refractivity contribution in [3.8, 4) is 5.75 Å². The molecule has 5 nitrogen and oxygen atoms in total. The molecular formula is C18H17ClN2O3. The van der Waals surface area contributed by atoms with Gasteiger partial charge in [0.2, 0.25) is 5.91 Å². The van der Waals surface area contributed by atoms with Crippen LogP contribution in [0.1, 0.15) is 12.8 Å². The van der Waals surface area contributed by atoms with Crippen molar-refractivity contribution in [1.29, 1.82) is 0 Å². The van der Waals surface area contributed by atoms with Gasteiger partial charge in [0.15, 0.2) is 6.61 Å². The van der Waals surface area contributed by atoms with Crippen LogP contribution in [0.15, 0.2) is 48.5 Å². The lowest BCUT2D eigenvalue weighted by atomic mass is 10.2. The summed E-state index contributed by atoms with van der Waals surface area (Å²) in [5, 5.41) is 6.13. The molecule has 2 aromatic carbocycles. The number of hydrogen-bond acceptors (Lipinski definition) is 3. The van der Waals surface area contributed by atoms with Gasteiger partial charge in [-0.15, -0.1) is 0 Å². The third-order valence-electron chi connectivity index (χ3n) is 3.55. The van der Waals surface area contributed by atoms with Crippen molar-refractivity contribution < 1.29 is 14.3 Å². The lowest BCUT2D eigenvalue weighted by molar-refractivity contribution is -0.118. The molecule has 0 unspecified atom stereocenters. The Morgan fingerprint density at radius 1 is 1.04 bits per heavy atom. The number of carbonyl (C=O) groups excluding carboxylic acids is 2. The summed E-state index contributed by atoms with van der Waals surface area (Å²) in [6.07, 6.45) is 1.93. The lowest BCUT2D eigenvalue weighted by Gasteiger charge is -2.09. The normalized spacial score (nSPS) is 13.2. The van der Waals surface area contributed by atoms with Crippen LogP contribution in [0.4, 0.5) is 11.4 Å². The van der Waals surface area contributed by atoms with Crippen LogP contribution in [0.25, 0.3) is 0 Å². The summed E-state index contributed by atoms with van der Waals surface area (Å²) in [7, 11) is 0. The van der Waals surface area contributed by atoms with E-state index in [9.17, 15) is 9.59 Å². The van der Waals surface area contributed by atoms with Crippen LogP contribution in [0.3, 0.4) is 0 Å². The van der Waals surface area contributed by atoms with Gasteiger partial charge in [-0.05, 0) is 55.3 Å². The van der Waals surface area contributed by atoms with E-state index in [0.29, 0.717) is 16.5 Å². The molecule has 2 aromatic rings. The van der Waals surface area contributed by atoms with Crippen LogP contribution in [-0.2, 0) is 9.59 Å². The monoisotopic (exact) mass is 344 g/mol. The predicted molar refractivity (Wildman–Crippen MR) is 93.4 cm³/mol. The first-order valence-electron chi connectivity index (χ1n) is 7.69. The second-order valence-corrected chi connectivity index (χ2v) is 6.07. The smallest absolute Gasteiger partial charge is 0.262 e. The minimum absolute atomic E-state index is 0.0571. The molecule has 0 saturated heterocycles. The molecule has 1 aliphatic rings. The van der Waals surface area contributed by atoms with Gasteiger partial charge in [0, 0.05) is 22.3 Å². The quantitative estimate of drug-likeness (QED) is 0.839. The summed E-state index contributed by atoms with van der Waals surface area (Å²) in [5.41, 5.74) is 1.36. The molecule has 1 saturated carbocycles. The van der Waals surface area contributed by atoms with E-state index in [1.165, 1.54) is 0 Å². The van der Waals surface area contributed by atoms with Crippen molar-refractivity contribution >= 4 is 34.8 Å². The van der Waals surface area contributed by atoms with Gasteiger partial charge in [0.05, 0.1) is 0 Å². The second-order valence-electron chi connectivity index (χ2n) is 5.64. The molecule has 1 aliphatic carbocycles. The molecule has 6 heteroatoms. The Hall–Kier alpha value is -2.53. The van der Waals surface area contributed by atoms with E-state index in [1.54, 1.807) is 48.5 Å².